The number of hydrogen-bond acceptors (Lipinski definition) is 3. The van der Waals surface area contributed by atoms with E-state index in [1.54, 1.807) is 18.2 Å². The van der Waals surface area contributed by atoms with E-state index in [4.69, 9.17) is 0 Å². The van der Waals surface area contributed by atoms with Crippen LogP contribution in [0.1, 0.15) is 27.3 Å². The number of nitrogens with zero attached hydrogens (tertiary/aromatic N) is 1. The maximum atomic E-state index is 12.6. The van der Waals surface area contributed by atoms with Crippen LogP contribution in [0.3, 0.4) is 0 Å². The molecule has 0 saturated heterocycles. The molecule has 3 rings (SSSR count). The van der Waals surface area contributed by atoms with Crippen molar-refractivity contribution in [1.82, 2.24) is 14.8 Å². The van der Waals surface area contributed by atoms with E-state index < -0.39 is 15.9 Å². The third-order valence-corrected chi connectivity index (χ3v) is 6.59. The van der Waals surface area contributed by atoms with Crippen molar-refractivity contribution in [1.29, 1.82) is 0 Å². The Morgan fingerprint density at radius 2 is 1.68 bits per heavy atom. The summed E-state index contributed by atoms with van der Waals surface area (Å²) in [5.74, 6) is -0.526. The lowest BCUT2D eigenvalue weighted by Gasteiger charge is -2.11. The van der Waals surface area contributed by atoms with Gasteiger partial charge in [-0.3, -0.25) is 10.2 Å². The number of carbonyl (C=O) groups excluding carboxylic acids is 1. The quantitative estimate of drug-likeness (QED) is 0.567. The minimum Gasteiger partial charge on any atom is -0.318 e. The van der Waals surface area contributed by atoms with Crippen LogP contribution in [-0.4, -0.2) is 18.9 Å². The van der Waals surface area contributed by atoms with Crippen molar-refractivity contribution in [3.05, 3.63) is 81.6 Å². The SMILES string of the molecule is Cc1ccc(S(=O)(=O)NNC(=O)c2cc(C)n(-c3ccccc3)c2C)c(Br)c1. The fourth-order valence-corrected chi connectivity index (χ4v) is 5.06. The zero-order chi connectivity index (χ0) is 20.5. The van der Waals surface area contributed by atoms with Crippen LogP contribution in [0.25, 0.3) is 5.69 Å². The number of nitrogens with one attached hydrogen (secondary N) is 2. The minimum absolute atomic E-state index is 0.0492. The molecule has 1 heterocycles. The van der Waals surface area contributed by atoms with Gasteiger partial charge in [0.1, 0.15) is 0 Å². The van der Waals surface area contributed by atoms with Gasteiger partial charge in [-0.25, -0.2) is 8.42 Å². The topological polar surface area (TPSA) is 80.2 Å². The Morgan fingerprint density at radius 3 is 2.32 bits per heavy atom. The minimum atomic E-state index is -3.91. The van der Waals surface area contributed by atoms with Crippen molar-refractivity contribution in [3.8, 4) is 5.69 Å². The molecule has 2 aromatic carbocycles. The summed E-state index contributed by atoms with van der Waals surface area (Å²) in [6, 6.07) is 16.2. The first kappa shape index (κ1) is 20.3. The molecule has 0 bridgehead atoms. The molecule has 0 aliphatic heterocycles. The van der Waals surface area contributed by atoms with Gasteiger partial charge in [0, 0.05) is 21.5 Å². The second kappa shape index (κ2) is 7.90. The molecule has 0 aliphatic rings. The maximum Gasteiger partial charge on any atom is 0.268 e. The van der Waals surface area contributed by atoms with E-state index in [0.29, 0.717) is 10.0 Å². The monoisotopic (exact) mass is 461 g/mol. The molecule has 0 atom stereocenters. The van der Waals surface area contributed by atoms with Crippen molar-refractivity contribution in [2.45, 2.75) is 25.7 Å². The van der Waals surface area contributed by atoms with Gasteiger partial charge in [0.15, 0.2) is 0 Å². The number of hydrazine groups is 1. The summed E-state index contributed by atoms with van der Waals surface area (Å²) in [6.45, 7) is 5.57. The van der Waals surface area contributed by atoms with Gasteiger partial charge in [-0.15, -0.1) is 4.83 Å². The van der Waals surface area contributed by atoms with Gasteiger partial charge in [-0.2, -0.15) is 0 Å². The molecule has 2 N–H and O–H groups in total. The first-order chi connectivity index (χ1) is 13.2. The molecule has 0 fully saturated rings. The van der Waals surface area contributed by atoms with E-state index in [-0.39, 0.29) is 4.90 Å². The first-order valence-electron chi connectivity index (χ1n) is 8.53. The van der Waals surface area contributed by atoms with E-state index in [1.807, 2.05) is 55.7 Å². The molecule has 3 aromatic rings. The molecule has 8 heteroatoms. The van der Waals surface area contributed by atoms with E-state index in [1.165, 1.54) is 6.07 Å². The third-order valence-electron chi connectivity index (χ3n) is 4.37. The number of amides is 1. The molecule has 1 amide bonds. The Hall–Kier alpha value is -2.42. The molecule has 0 saturated carbocycles. The van der Waals surface area contributed by atoms with E-state index in [0.717, 1.165) is 22.6 Å². The molecule has 146 valence electrons. The molecule has 0 radical (unpaired) electrons. The second-order valence-electron chi connectivity index (χ2n) is 6.45. The van der Waals surface area contributed by atoms with Gasteiger partial charge in [0.2, 0.25) is 0 Å². The van der Waals surface area contributed by atoms with Gasteiger partial charge in [-0.1, -0.05) is 24.3 Å². The number of sulfonamides is 1. The average Bonchev–Trinajstić information content (AvgIpc) is 2.94. The zero-order valence-electron chi connectivity index (χ0n) is 15.7. The van der Waals surface area contributed by atoms with Crippen molar-refractivity contribution in [2.24, 2.45) is 0 Å². The van der Waals surface area contributed by atoms with E-state index in [9.17, 15) is 13.2 Å². The largest absolute Gasteiger partial charge is 0.318 e. The Kier molecular flexibility index (Phi) is 5.74. The number of aromatic nitrogens is 1. The molecule has 28 heavy (non-hydrogen) atoms. The molecular formula is C20H20BrN3O3S. The number of aryl methyl sites for hydroxylation is 2. The smallest absolute Gasteiger partial charge is 0.268 e. The highest BCUT2D eigenvalue weighted by Gasteiger charge is 2.21. The summed E-state index contributed by atoms with van der Waals surface area (Å²) in [5, 5.41) is 0. The third kappa shape index (κ3) is 4.04. The average molecular weight is 462 g/mol. The van der Waals surface area contributed by atoms with Crippen LogP contribution < -0.4 is 10.3 Å². The summed E-state index contributed by atoms with van der Waals surface area (Å²) in [4.78, 5) is 14.8. The van der Waals surface area contributed by atoms with E-state index >= 15 is 0 Å². The molecule has 0 spiro atoms. The van der Waals surface area contributed by atoms with Gasteiger partial charge >= 0.3 is 0 Å². The van der Waals surface area contributed by atoms with E-state index in [2.05, 4.69) is 26.2 Å². The van der Waals surface area contributed by atoms with Crippen LogP contribution in [0.5, 0.6) is 0 Å². The Balaban J connectivity index is 1.82. The van der Waals surface area contributed by atoms with Crippen LogP contribution >= 0.6 is 15.9 Å². The van der Waals surface area contributed by atoms with Crippen LogP contribution in [0, 0.1) is 20.8 Å². The summed E-state index contributed by atoms with van der Waals surface area (Å²) in [7, 11) is -3.91. The number of hydrogen-bond donors (Lipinski definition) is 2. The van der Waals surface area contributed by atoms with Gasteiger partial charge < -0.3 is 4.57 Å². The maximum absolute atomic E-state index is 12.6. The van der Waals surface area contributed by atoms with Crippen LogP contribution in [-0.2, 0) is 10.0 Å². The fraction of sp³-hybridized carbons (Fsp3) is 0.150. The van der Waals surface area contributed by atoms with Crippen molar-refractivity contribution in [2.75, 3.05) is 0 Å². The number of carbonyl (C=O) groups is 1. The van der Waals surface area contributed by atoms with Gasteiger partial charge in [0.25, 0.3) is 15.9 Å². The molecule has 6 nitrogen and oxygen atoms in total. The van der Waals surface area contributed by atoms with Crippen LogP contribution in [0.2, 0.25) is 0 Å². The van der Waals surface area contributed by atoms with Crippen LogP contribution in [0.4, 0.5) is 0 Å². The molecule has 0 unspecified atom stereocenters. The van der Waals surface area contributed by atoms with Gasteiger partial charge in [-0.05, 0) is 72.6 Å². The lowest BCUT2D eigenvalue weighted by atomic mass is 10.2. The zero-order valence-corrected chi connectivity index (χ0v) is 18.1. The lowest BCUT2D eigenvalue weighted by molar-refractivity contribution is 0.0944. The fourth-order valence-electron chi connectivity index (χ4n) is 3.03. The second-order valence-corrected chi connectivity index (χ2v) is 8.95. The van der Waals surface area contributed by atoms with Crippen molar-refractivity contribution >= 4 is 31.9 Å². The normalized spacial score (nSPS) is 11.4. The summed E-state index contributed by atoms with van der Waals surface area (Å²) >= 11 is 3.25. The van der Waals surface area contributed by atoms with Crippen molar-refractivity contribution < 1.29 is 13.2 Å². The van der Waals surface area contributed by atoms with Crippen molar-refractivity contribution in [3.63, 3.8) is 0 Å². The number of halogens is 1. The Labute approximate surface area is 172 Å². The predicted octanol–water partition coefficient (Wildman–Crippen LogP) is 3.79. The van der Waals surface area contributed by atoms with Gasteiger partial charge in [0.05, 0.1) is 10.5 Å². The molecular weight excluding hydrogens is 442 g/mol. The summed E-state index contributed by atoms with van der Waals surface area (Å²) in [5.41, 5.74) is 6.14. The Bertz CT molecular complexity index is 1140. The number of para-hydroxylation sites is 1. The lowest BCUT2D eigenvalue weighted by Crippen LogP contribution is -2.41. The first-order valence-corrected chi connectivity index (χ1v) is 10.8. The highest BCUT2D eigenvalue weighted by atomic mass is 79.9. The highest BCUT2D eigenvalue weighted by Crippen LogP contribution is 2.23. The molecule has 1 aromatic heterocycles. The summed E-state index contributed by atoms with van der Waals surface area (Å²) < 4.78 is 27.4. The standard InChI is InChI=1S/C20H20BrN3O3S/c1-13-9-10-19(18(21)11-13)28(26,27)23-22-20(25)17-12-14(2)24(15(17)3)16-7-5-4-6-8-16/h4-12,23H,1-3H3,(H,22,25). The number of rotatable bonds is 5. The van der Waals surface area contributed by atoms with Crippen LogP contribution in [0.15, 0.2) is 64.0 Å². The predicted molar refractivity (Wildman–Crippen MR) is 112 cm³/mol. The summed E-state index contributed by atoms with van der Waals surface area (Å²) in [6.07, 6.45) is 0. The Morgan fingerprint density at radius 1 is 1.00 bits per heavy atom. The molecule has 0 aliphatic carbocycles. The highest BCUT2D eigenvalue weighted by molar-refractivity contribution is 9.10. The number of benzene rings is 2.